The van der Waals surface area contributed by atoms with E-state index >= 15 is 0 Å². The van der Waals surface area contributed by atoms with Crippen LogP contribution in [-0.4, -0.2) is 36.7 Å². The number of ether oxygens (including phenoxy) is 1. The molecule has 1 rings (SSSR count). The van der Waals surface area contributed by atoms with Gasteiger partial charge in [-0.15, -0.1) is 0 Å². The molecular weight excluding hydrogens is 224 g/mol. The molecule has 1 unspecified atom stereocenters. The number of primary amides is 1. The number of hydrogen-bond donors (Lipinski definition) is 3. The van der Waals surface area contributed by atoms with Gasteiger partial charge in [0.1, 0.15) is 11.9 Å². The van der Waals surface area contributed by atoms with Crippen molar-refractivity contribution in [1.29, 1.82) is 0 Å². The molecule has 1 aromatic carbocycles. The van der Waals surface area contributed by atoms with Gasteiger partial charge in [-0.05, 0) is 18.2 Å². The van der Waals surface area contributed by atoms with Crippen molar-refractivity contribution in [2.24, 2.45) is 5.73 Å². The van der Waals surface area contributed by atoms with Gasteiger partial charge in [-0.25, -0.2) is 0 Å². The van der Waals surface area contributed by atoms with Crippen molar-refractivity contribution in [2.75, 3.05) is 13.7 Å². The summed E-state index contributed by atoms with van der Waals surface area (Å²) in [5.41, 5.74) is 5.22. The van der Waals surface area contributed by atoms with Gasteiger partial charge in [0.05, 0.1) is 13.7 Å². The molecule has 0 bridgehead atoms. The second kappa shape index (κ2) is 5.86. The molecule has 0 aromatic heterocycles. The van der Waals surface area contributed by atoms with Crippen molar-refractivity contribution in [3.05, 3.63) is 29.8 Å². The van der Waals surface area contributed by atoms with Gasteiger partial charge in [0.2, 0.25) is 5.91 Å². The molecule has 6 heteroatoms. The smallest absolute Gasteiger partial charge is 0.251 e. The summed E-state index contributed by atoms with van der Waals surface area (Å²) in [4.78, 5) is 22.2. The summed E-state index contributed by atoms with van der Waals surface area (Å²) in [5, 5.41) is 11.5. The number of methoxy groups -OCH3 is 1. The lowest BCUT2D eigenvalue weighted by molar-refractivity contribution is -0.125. The molecular formula is C11H14N2O4. The molecule has 17 heavy (non-hydrogen) atoms. The highest BCUT2D eigenvalue weighted by molar-refractivity contribution is 5.95. The highest BCUT2D eigenvalue weighted by Gasteiger charge is 2.13. The van der Waals surface area contributed by atoms with Gasteiger partial charge in [0.15, 0.2) is 0 Å². The summed E-state index contributed by atoms with van der Waals surface area (Å²) in [6, 6.07) is 6.51. The number of benzene rings is 1. The maximum atomic E-state index is 11.6. The average molecular weight is 238 g/mol. The maximum absolute atomic E-state index is 11.6. The molecule has 1 atom stereocenters. The maximum Gasteiger partial charge on any atom is 0.251 e. The van der Waals surface area contributed by atoms with Crippen LogP contribution in [0.2, 0.25) is 0 Å². The van der Waals surface area contributed by atoms with Crippen LogP contribution in [0.25, 0.3) is 0 Å². The molecule has 2 amide bonds. The van der Waals surface area contributed by atoms with E-state index in [1.165, 1.54) is 7.11 Å². The van der Waals surface area contributed by atoms with E-state index < -0.39 is 17.9 Å². The second-order valence-electron chi connectivity index (χ2n) is 3.36. The molecule has 0 spiro atoms. The summed E-state index contributed by atoms with van der Waals surface area (Å²) in [5.74, 6) is -0.742. The Balaban J connectivity index is 2.60. The molecule has 0 heterocycles. The number of aliphatic hydroxyl groups is 1. The molecule has 0 aliphatic carbocycles. The fourth-order valence-corrected chi connectivity index (χ4v) is 1.16. The molecule has 92 valence electrons. The third kappa shape index (κ3) is 3.76. The molecule has 0 aliphatic heterocycles. The fourth-order valence-electron chi connectivity index (χ4n) is 1.16. The van der Waals surface area contributed by atoms with E-state index in [0.717, 1.165) is 0 Å². The number of amides is 2. The van der Waals surface area contributed by atoms with Gasteiger partial charge in [-0.1, -0.05) is 6.07 Å². The summed E-state index contributed by atoms with van der Waals surface area (Å²) >= 11 is 0. The number of hydrogen-bond acceptors (Lipinski definition) is 4. The minimum Gasteiger partial charge on any atom is -0.497 e. The number of nitrogens with two attached hydrogens (primary N) is 1. The van der Waals surface area contributed by atoms with Crippen molar-refractivity contribution in [2.45, 2.75) is 6.10 Å². The minimum atomic E-state index is -1.38. The van der Waals surface area contributed by atoms with Crippen molar-refractivity contribution in [3.63, 3.8) is 0 Å². The Bertz CT molecular complexity index is 420. The van der Waals surface area contributed by atoms with E-state index in [-0.39, 0.29) is 6.54 Å². The lowest BCUT2D eigenvalue weighted by atomic mass is 10.2. The Morgan fingerprint density at radius 3 is 2.82 bits per heavy atom. The normalized spacial score (nSPS) is 11.6. The third-order valence-electron chi connectivity index (χ3n) is 2.12. The lowest BCUT2D eigenvalue weighted by Gasteiger charge is -2.09. The predicted octanol–water partition coefficient (Wildman–Crippen LogP) is -0.729. The van der Waals surface area contributed by atoms with E-state index in [9.17, 15) is 9.59 Å². The molecule has 1 aromatic rings. The van der Waals surface area contributed by atoms with Gasteiger partial charge in [-0.3, -0.25) is 9.59 Å². The predicted molar refractivity (Wildman–Crippen MR) is 60.5 cm³/mol. The molecule has 0 saturated heterocycles. The number of rotatable bonds is 5. The number of carbonyl (C=O) groups excluding carboxylic acids is 2. The molecule has 0 saturated carbocycles. The van der Waals surface area contributed by atoms with Crippen LogP contribution < -0.4 is 15.8 Å². The highest BCUT2D eigenvalue weighted by atomic mass is 16.5. The average Bonchev–Trinajstić information content (AvgIpc) is 2.35. The Morgan fingerprint density at radius 2 is 2.24 bits per heavy atom. The van der Waals surface area contributed by atoms with E-state index in [4.69, 9.17) is 15.6 Å². The zero-order valence-electron chi connectivity index (χ0n) is 9.34. The molecule has 0 fully saturated rings. The van der Waals surface area contributed by atoms with E-state index in [1.807, 2.05) is 0 Å². The number of nitrogens with one attached hydrogen (secondary N) is 1. The van der Waals surface area contributed by atoms with Gasteiger partial charge in [-0.2, -0.15) is 0 Å². The van der Waals surface area contributed by atoms with Crippen LogP contribution in [0.1, 0.15) is 10.4 Å². The van der Waals surface area contributed by atoms with Crippen LogP contribution in [0.15, 0.2) is 24.3 Å². The first kappa shape index (κ1) is 13.0. The van der Waals surface area contributed by atoms with Gasteiger partial charge < -0.3 is 20.9 Å². The summed E-state index contributed by atoms with van der Waals surface area (Å²) < 4.78 is 4.97. The summed E-state index contributed by atoms with van der Waals surface area (Å²) in [7, 11) is 1.49. The monoisotopic (exact) mass is 238 g/mol. The Kier molecular flexibility index (Phi) is 4.47. The molecule has 4 N–H and O–H groups in total. The van der Waals surface area contributed by atoms with Crippen molar-refractivity contribution in [1.82, 2.24) is 5.32 Å². The van der Waals surface area contributed by atoms with Crippen LogP contribution in [0.3, 0.4) is 0 Å². The topological polar surface area (TPSA) is 102 Å². The fraction of sp³-hybridized carbons (Fsp3) is 0.273. The molecule has 0 aliphatic rings. The number of aliphatic hydroxyl groups excluding tert-OH is 1. The second-order valence-corrected chi connectivity index (χ2v) is 3.36. The summed E-state index contributed by atoms with van der Waals surface area (Å²) in [6.07, 6.45) is -1.38. The van der Waals surface area contributed by atoms with Crippen LogP contribution in [0.4, 0.5) is 0 Å². The first-order valence-corrected chi connectivity index (χ1v) is 4.94. The van der Waals surface area contributed by atoms with E-state index in [2.05, 4.69) is 5.32 Å². The van der Waals surface area contributed by atoms with Gasteiger partial charge in [0, 0.05) is 5.56 Å². The lowest BCUT2D eigenvalue weighted by Crippen LogP contribution is -2.39. The standard InChI is InChI=1S/C11H14N2O4/c1-17-8-4-2-3-7(5-8)11(16)13-6-9(14)10(12)15/h2-5,9,14H,6H2,1H3,(H2,12,15)(H,13,16). The Morgan fingerprint density at radius 1 is 1.53 bits per heavy atom. The van der Waals surface area contributed by atoms with Crippen LogP contribution >= 0.6 is 0 Å². The first-order valence-electron chi connectivity index (χ1n) is 4.94. The SMILES string of the molecule is COc1cccc(C(=O)NCC(O)C(N)=O)c1. The minimum absolute atomic E-state index is 0.217. The van der Waals surface area contributed by atoms with E-state index in [0.29, 0.717) is 11.3 Å². The third-order valence-corrected chi connectivity index (χ3v) is 2.12. The first-order chi connectivity index (χ1) is 8.04. The van der Waals surface area contributed by atoms with Crippen LogP contribution in [0, 0.1) is 0 Å². The Labute approximate surface area is 98.4 Å². The van der Waals surface area contributed by atoms with Gasteiger partial charge in [0.25, 0.3) is 5.91 Å². The van der Waals surface area contributed by atoms with Crippen molar-refractivity contribution >= 4 is 11.8 Å². The number of carbonyl (C=O) groups is 2. The quantitative estimate of drug-likeness (QED) is 0.629. The molecule has 0 radical (unpaired) electrons. The van der Waals surface area contributed by atoms with Crippen LogP contribution in [0.5, 0.6) is 5.75 Å². The van der Waals surface area contributed by atoms with Crippen molar-refractivity contribution < 1.29 is 19.4 Å². The summed E-state index contributed by atoms with van der Waals surface area (Å²) in [6.45, 7) is -0.217. The van der Waals surface area contributed by atoms with Crippen molar-refractivity contribution in [3.8, 4) is 5.75 Å². The zero-order valence-corrected chi connectivity index (χ0v) is 9.34. The highest BCUT2D eigenvalue weighted by Crippen LogP contribution is 2.12. The zero-order chi connectivity index (χ0) is 12.8. The van der Waals surface area contributed by atoms with Gasteiger partial charge >= 0.3 is 0 Å². The van der Waals surface area contributed by atoms with Crippen LogP contribution in [-0.2, 0) is 4.79 Å². The largest absolute Gasteiger partial charge is 0.497 e. The molecule has 6 nitrogen and oxygen atoms in total. The van der Waals surface area contributed by atoms with E-state index in [1.54, 1.807) is 24.3 Å². The Hall–Kier alpha value is -2.08.